The third-order valence-corrected chi connectivity index (χ3v) is 4.88. The number of hydrogen-bond acceptors (Lipinski definition) is 2. The van der Waals surface area contributed by atoms with E-state index in [1.165, 1.54) is 57.4 Å². The van der Waals surface area contributed by atoms with E-state index in [-0.39, 0.29) is 0 Å². The molecule has 2 nitrogen and oxygen atoms in total. The molecule has 3 rings (SSSR count). The van der Waals surface area contributed by atoms with Crippen molar-refractivity contribution in [3.63, 3.8) is 0 Å². The van der Waals surface area contributed by atoms with Crippen molar-refractivity contribution in [3.8, 4) is 0 Å². The molecule has 1 aliphatic heterocycles. The molecule has 2 heteroatoms. The highest BCUT2D eigenvalue weighted by atomic mass is 15.2. The summed E-state index contributed by atoms with van der Waals surface area (Å²) in [5, 5.41) is 0. The number of nitrogens with zero attached hydrogens (tertiary/aromatic N) is 2. The molecule has 1 aromatic carbocycles. The van der Waals surface area contributed by atoms with E-state index in [1.807, 2.05) is 6.08 Å². The lowest BCUT2D eigenvalue weighted by molar-refractivity contribution is 0.185. The van der Waals surface area contributed by atoms with Crippen LogP contribution in [0.15, 0.2) is 24.8 Å². The topological polar surface area (TPSA) is 6.48 Å². The average Bonchev–Trinajstić information content (AvgIpc) is 2.70. The van der Waals surface area contributed by atoms with E-state index in [2.05, 4.69) is 41.6 Å². The van der Waals surface area contributed by atoms with E-state index in [0.717, 1.165) is 0 Å². The predicted molar refractivity (Wildman–Crippen MR) is 85.9 cm³/mol. The van der Waals surface area contributed by atoms with Gasteiger partial charge in [-0.25, -0.2) is 0 Å². The number of hydrogen-bond donors (Lipinski definition) is 0. The minimum Gasteiger partial charge on any atom is -0.305 e. The van der Waals surface area contributed by atoms with Gasteiger partial charge in [0.15, 0.2) is 0 Å². The van der Waals surface area contributed by atoms with Crippen LogP contribution in [-0.2, 0) is 6.42 Å². The molecule has 2 aliphatic rings. The zero-order valence-corrected chi connectivity index (χ0v) is 12.6. The van der Waals surface area contributed by atoms with Crippen LogP contribution in [0.2, 0.25) is 0 Å². The molecule has 108 valence electrons. The van der Waals surface area contributed by atoms with Crippen LogP contribution < -0.4 is 0 Å². The van der Waals surface area contributed by atoms with Gasteiger partial charge >= 0.3 is 0 Å². The molecule has 1 saturated heterocycles. The van der Waals surface area contributed by atoms with Crippen LogP contribution in [0.1, 0.15) is 42.0 Å². The van der Waals surface area contributed by atoms with Crippen LogP contribution in [0.3, 0.4) is 0 Å². The fourth-order valence-electron chi connectivity index (χ4n) is 3.69. The maximum absolute atomic E-state index is 3.89. The lowest BCUT2D eigenvalue weighted by atomic mass is 9.85. The van der Waals surface area contributed by atoms with E-state index in [0.29, 0.717) is 6.04 Å². The van der Waals surface area contributed by atoms with E-state index in [1.54, 1.807) is 11.1 Å². The predicted octanol–water partition coefficient (Wildman–Crippen LogP) is 3.34. The summed E-state index contributed by atoms with van der Waals surface area (Å²) in [5.74, 6) is 0. The molecule has 1 heterocycles. The van der Waals surface area contributed by atoms with Crippen molar-refractivity contribution in [2.45, 2.75) is 31.7 Å². The minimum atomic E-state index is 0.643. The van der Waals surface area contributed by atoms with Gasteiger partial charge in [-0.05, 0) is 56.0 Å². The molecule has 0 radical (unpaired) electrons. The monoisotopic (exact) mass is 270 g/mol. The summed E-state index contributed by atoms with van der Waals surface area (Å²) < 4.78 is 0. The van der Waals surface area contributed by atoms with E-state index < -0.39 is 0 Å². The molecule has 1 atom stereocenters. The third kappa shape index (κ3) is 2.82. The SMILES string of the molecule is C=Cc1ccc2c(c1)CCCC2N1CCCN(C)CC1. The van der Waals surface area contributed by atoms with Crippen LogP contribution >= 0.6 is 0 Å². The van der Waals surface area contributed by atoms with Gasteiger partial charge in [0.1, 0.15) is 0 Å². The highest BCUT2D eigenvalue weighted by Crippen LogP contribution is 2.35. The smallest absolute Gasteiger partial charge is 0.0351 e. The first-order valence-corrected chi connectivity index (χ1v) is 7.96. The summed E-state index contributed by atoms with van der Waals surface area (Å²) in [6, 6.07) is 7.57. The summed E-state index contributed by atoms with van der Waals surface area (Å²) in [6.07, 6.45) is 7.15. The number of aryl methyl sites for hydroxylation is 1. The van der Waals surface area contributed by atoms with Gasteiger partial charge in [-0.15, -0.1) is 0 Å². The third-order valence-electron chi connectivity index (χ3n) is 4.88. The molecule has 1 unspecified atom stereocenters. The molecule has 20 heavy (non-hydrogen) atoms. The highest BCUT2D eigenvalue weighted by molar-refractivity contribution is 5.51. The van der Waals surface area contributed by atoms with Crippen molar-refractivity contribution >= 4 is 6.08 Å². The van der Waals surface area contributed by atoms with Crippen molar-refractivity contribution in [3.05, 3.63) is 41.5 Å². The van der Waals surface area contributed by atoms with Crippen LogP contribution in [0, 0.1) is 0 Å². The maximum atomic E-state index is 3.89. The Bertz CT molecular complexity index is 480. The van der Waals surface area contributed by atoms with Gasteiger partial charge in [0.25, 0.3) is 0 Å². The molecular weight excluding hydrogens is 244 g/mol. The second-order valence-electron chi connectivity index (χ2n) is 6.26. The number of rotatable bonds is 2. The van der Waals surface area contributed by atoms with Crippen molar-refractivity contribution in [2.75, 3.05) is 33.2 Å². The zero-order valence-electron chi connectivity index (χ0n) is 12.6. The first-order valence-electron chi connectivity index (χ1n) is 7.96. The highest BCUT2D eigenvalue weighted by Gasteiger charge is 2.26. The van der Waals surface area contributed by atoms with Crippen molar-refractivity contribution in [1.29, 1.82) is 0 Å². The Hall–Kier alpha value is -1.12. The van der Waals surface area contributed by atoms with Gasteiger partial charge in [-0.2, -0.15) is 0 Å². The van der Waals surface area contributed by atoms with Gasteiger partial charge in [0.05, 0.1) is 0 Å². The summed E-state index contributed by atoms with van der Waals surface area (Å²) in [4.78, 5) is 5.18. The first-order chi connectivity index (χ1) is 9.78. The molecule has 0 spiro atoms. The van der Waals surface area contributed by atoms with Crippen molar-refractivity contribution in [1.82, 2.24) is 9.80 Å². The van der Waals surface area contributed by atoms with Crippen LogP contribution in [0.4, 0.5) is 0 Å². The molecule has 0 amide bonds. The Labute approximate surface area is 123 Å². The summed E-state index contributed by atoms with van der Waals surface area (Å²) in [6.45, 7) is 8.80. The van der Waals surface area contributed by atoms with Gasteiger partial charge in [-0.1, -0.05) is 30.9 Å². The summed E-state index contributed by atoms with van der Waals surface area (Å²) >= 11 is 0. The zero-order chi connectivity index (χ0) is 13.9. The number of fused-ring (bicyclic) bond motifs is 1. The quantitative estimate of drug-likeness (QED) is 0.813. The molecule has 0 saturated carbocycles. The van der Waals surface area contributed by atoms with Gasteiger partial charge < -0.3 is 4.90 Å². The molecule has 0 aromatic heterocycles. The normalized spacial score (nSPS) is 24.9. The number of benzene rings is 1. The van der Waals surface area contributed by atoms with E-state index in [4.69, 9.17) is 0 Å². The lowest BCUT2D eigenvalue weighted by Crippen LogP contribution is -2.34. The fraction of sp³-hybridized carbons (Fsp3) is 0.556. The second-order valence-corrected chi connectivity index (χ2v) is 6.26. The molecule has 0 N–H and O–H groups in total. The van der Waals surface area contributed by atoms with Crippen LogP contribution in [0.25, 0.3) is 6.08 Å². The molecule has 0 bridgehead atoms. The van der Waals surface area contributed by atoms with Crippen molar-refractivity contribution in [2.24, 2.45) is 0 Å². The van der Waals surface area contributed by atoms with E-state index in [9.17, 15) is 0 Å². The molecule has 1 fully saturated rings. The maximum Gasteiger partial charge on any atom is 0.0351 e. The van der Waals surface area contributed by atoms with Crippen LogP contribution in [0.5, 0.6) is 0 Å². The molecule has 1 aromatic rings. The first kappa shape index (κ1) is 13.8. The Balaban J connectivity index is 1.83. The average molecular weight is 270 g/mol. The fourth-order valence-corrected chi connectivity index (χ4v) is 3.69. The van der Waals surface area contributed by atoms with Gasteiger partial charge in [0, 0.05) is 25.7 Å². The number of likely N-dealkylation sites (N-methyl/N-ethyl adjacent to an activating group) is 1. The largest absolute Gasteiger partial charge is 0.305 e. The Kier molecular flexibility index (Phi) is 4.23. The standard InChI is InChI=1S/C18H26N2/c1-3-15-8-9-17-16(14-15)6-4-7-18(17)20-11-5-10-19(2)12-13-20/h3,8-9,14,18H,1,4-7,10-13H2,2H3. The van der Waals surface area contributed by atoms with E-state index >= 15 is 0 Å². The summed E-state index contributed by atoms with van der Waals surface area (Å²) in [5.41, 5.74) is 4.39. The minimum absolute atomic E-state index is 0.643. The molecular formula is C18H26N2. The lowest BCUT2D eigenvalue weighted by Gasteiger charge is -2.35. The Morgan fingerprint density at radius 1 is 1.15 bits per heavy atom. The Morgan fingerprint density at radius 3 is 2.90 bits per heavy atom. The second kappa shape index (κ2) is 6.11. The summed E-state index contributed by atoms with van der Waals surface area (Å²) in [7, 11) is 2.24. The van der Waals surface area contributed by atoms with Crippen LogP contribution in [-0.4, -0.2) is 43.0 Å². The van der Waals surface area contributed by atoms with Gasteiger partial charge in [-0.3, -0.25) is 4.90 Å². The molecule has 1 aliphatic carbocycles. The van der Waals surface area contributed by atoms with Gasteiger partial charge in [0.2, 0.25) is 0 Å². The Morgan fingerprint density at radius 2 is 2.05 bits per heavy atom. The van der Waals surface area contributed by atoms with Crippen molar-refractivity contribution < 1.29 is 0 Å².